The molecule has 140 valence electrons. The van der Waals surface area contributed by atoms with E-state index in [0.717, 1.165) is 32.3 Å². The van der Waals surface area contributed by atoms with Crippen molar-refractivity contribution < 1.29 is 9.53 Å². The Balaban J connectivity index is 1.74. The summed E-state index contributed by atoms with van der Waals surface area (Å²) in [7, 11) is 1.79. The number of methoxy groups -OCH3 is 1. The zero-order valence-corrected chi connectivity index (χ0v) is 16.1. The summed E-state index contributed by atoms with van der Waals surface area (Å²) < 4.78 is 5.07. The van der Waals surface area contributed by atoms with Crippen molar-refractivity contribution in [1.82, 2.24) is 0 Å². The Bertz CT molecular complexity index is 333. The zero-order chi connectivity index (χ0) is 17.3. The number of ether oxygens (including phenoxy) is 1. The van der Waals surface area contributed by atoms with Crippen molar-refractivity contribution in [1.29, 1.82) is 0 Å². The third-order valence-electron chi connectivity index (χ3n) is 5.13. The predicted molar refractivity (Wildman–Crippen MR) is 103 cm³/mol. The van der Waals surface area contributed by atoms with Crippen molar-refractivity contribution in [3.63, 3.8) is 0 Å². The lowest BCUT2D eigenvalue weighted by atomic mass is 9.94. The van der Waals surface area contributed by atoms with Crippen molar-refractivity contribution in [2.24, 2.45) is 0 Å². The van der Waals surface area contributed by atoms with E-state index >= 15 is 0 Å². The zero-order valence-electron chi connectivity index (χ0n) is 16.1. The van der Waals surface area contributed by atoms with Crippen LogP contribution in [0.25, 0.3) is 0 Å². The Morgan fingerprint density at radius 1 is 0.750 bits per heavy atom. The van der Waals surface area contributed by atoms with E-state index in [9.17, 15) is 4.79 Å². The molecule has 24 heavy (non-hydrogen) atoms. The molecule has 0 aromatic heterocycles. The van der Waals surface area contributed by atoms with E-state index in [4.69, 9.17) is 4.74 Å². The molecule has 0 unspecified atom stereocenters. The first kappa shape index (κ1) is 21.4. The normalized spacial score (nSPS) is 14.9. The van der Waals surface area contributed by atoms with Crippen LogP contribution in [0.1, 0.15) is 109 Å². The summed E-state index contributed by atoms with van der Waals surface area (Å²) in [6, 6.07) is 0. The van der Waals surface area contributed by atoms with E-state index in [1.54, 1.807) is 7.11 Å². The smallest absolute Gasteiger partial charge is 0.155 e. The van der Waals surface area contributed by atoms with Crippen LogP contribution in [0.5, 0.6) is 0 Å². The molecule has 2 heteroatoms. The molecule has 0 heterocycles. The number of ketones is 1. The highest BCUT2D eigenvalue weighted by Gasteiger charge is 2.08. The van der Waals surface area contributed by atoms with E-state index in [1.807, 2.05) is 6.08 Å². The van der Waals surface area contributed by atoms with Crippen LogP contribution in [0.15, 0.2) is 11.6 Å². The fraction of sp³-hybridized carbons (Fsp3) is 0.864. The molecule has 0 saturated heterocycles. The molecule has 0 N–H and O–H groups in total. The average Bonchev–Trinajstić information content (AvgIpc) is 2.58. The fourth-order valence-corrected chi connectivity index (χ4v) is 3.60. The van der Waals surface area contributed by atoms with Gasteiger partial charge in [-0.3, -0.25) is 4.79 Å². The van der Waals surface area contributed by atoms with E-state index in [-0.39, 0.29) is 0 Å². The number of unbranched alkanes of at least 4 members (excludes halogenated alkanes) is 12. The minimum atomic E-state index is 0.353. The molecule has 1 rings (SSSR count). The Labute approximate surface area is 150 Å². The van der Waals surface area contributed by atoms with Crippen molar-refractivity contribution in [2.75, 3.05) is 13.7 Å². The highest BCUT2D eigenvalue weighted by atomic mass is 16.5. The molecule has 0 fully saturated rings. The Morgan fingerprint density at radius 3 is 1.75 bits per heavy atom. The average molecular weight is 337 g/mol. The number of allylic oxidation sites excluding steroid dienone is 2. The highest BCUT2D eigenvalue weighted by Crippen LogP contribution is 2.21. The van der Waals surface area contributed by atoms with Gasteiger partial charge in [0.25, 0.3) is 0 Å². The van der Waals surface area contributed by atoms with E-state index in [0.29, 0.717) is 5.78 Å². The van der Waals surface area contributed by atoms with Crippen molar-refractivity contribution in [2.45, 2.75) is 109 Å². The quantitative estimate of drug-likeness (QED) is 0.291. The molecular formula is C22H40O2. The summed E-state index contributed by atoms with van der Waals surface area (Å²) in [6.45, 7) is 0.926. The van der Waals surface area contributed by atoms with Crippen LogP contribution in [-0.2, 0) is 9.53 Å². The lowest BCUT2D eigenvalue weighted by Gasteiger charge is -2.11. The number of rotatable bonds is 16. The SMILES string of the molecule is COCCCCCCCCCCCCCCCC1=CC(=O)CCC1. The lowest BCUT2D eigenvalue weighted by molar-refractivity contribution is -0.115. The second-order valence-corrected chi connectivity index (χ2v) is 7.46. The van der Waals surface area contributed by atoms with Crippen LogP contribution in [-0.4, -0.2) is 19.5 Å². The maximum atomic E-state index is 11.4. The number of carbonyl (C=O) groups excluding carboxylic acids is 1. The maximum absolute atomic E-state index is 11.4. The summed E-state index contributed by atoms with van der Waals surface area (Å²) >= 11 is 0. The minimum Gasteiger partial charge on any atom is -0.385 e. The standard InChI is InChI=1S/C22H40O2/c1-24-19-14-12-10-8-6-4-2-3-5-7-9-11-13-16-21-17-15-18-22(23)20-21/h20H,2-19H2,1H3. The summed E-state index contributed by atoms with van der Waals surface area (Å²) in [5.74, 6) is 0.353. The molecule has 0 aromatic rings. The molecule has 0 aromatic carbocycles. The third-order valence-corrected chi connectivity index (χ3v) is 5.13. The van der Waals surface area contributed by atoms with Crippen molar-refractivity contribution in [3.05, 3.63) is 11.6 Å². The molecule has 0 bridgehead atoms. The molecular weight excluding hydrogens is 296 g/mol. The van der Waals surface area contributed by atoms with Crippen molar-refractivity contribution >= 4 is 5.78 Å². The van der Waals surface area contributed by atoms with Crippen LogP contribution in [0.2, 0.25) is 0 Å². The molecule has 1 aliphatic carbocycles. The third kappa shape index (κ3) is 12.8. The number of carbonyl (C=O) groups is 1. The van der Waals surface area contributed by atoms with Gasteiger partial charge in [-0.25, -0.2) is 0 Å². The minimum absolute atomic E-state index is 0.353. The van der Waals surface area contributed by atoms with Gasteiger partial charge in [0.15, 0.2) is 5.78 Å². The Hall–Kier alpha value is -0.630. The van der Waals surface area contributed by atoms with E-state index in [2.05, 4.69) is 0 Å². The predicted octanol–water partition coefficient (Wildman–Crippen LogP) is 6.77. The Morgan fingerprint density at radius 2 is 1.25 bits per heavy atom. The Kier molecular flexibility index (Phi) is 14.2. The van der Waals surface area contributed by atoms with Gasteiger partial charge in [-0.2, -0.15) is 0 Å². The summed E-state index contributed by atoms with van der Waals surface area (Å²) in [6.07, 6.45) is 23.9. The molecule has 0 atom stereocenters. The largest absolute Gasteiger partial charge is 0.385 e. The maximum Gasteiger partial charge on any atom is 0.155 e. The van der Waals surface area contributed by atoms with E-state index < -0.39 is 0 Å². The number of hydrogen-bond acceptors (Lipinski definition) is 2. The molecule has 0 amide bonds. The van der Waals surface area contributed by atoms with Crippen LogP contribution in [0.4, 0.5) is 0 Å². The van der Waals surface area contributed by atoms with Gasteiger partial charge < -0.3 is 4.74 Å². The van der Waals surface area contributed by atoms with E-state index in [1.165, 1.54) is 89.0 Å². The van der Waals surface area contributed by atoms with Crippen LogP contribution in [0, 0.1) is 0 Å². The van der Waals surface area contributed by atoms with Crippen LogP contribution in [0.3, 0.4) is 0 Å². The van der Waals surface area contributed by atoms with Gasteiger partial charge in [0.1, 0.15) is 0 Å². The van der Waals surface area contributed by atoms with Gasteiger partial charge >= 0.3 is 0 Å². The van der Waals surface area contributed by atoms with Crippen LogP contribution < -0.4 is 0 Å². The van der Waals surface area contributed by atoms with Gasteiger partial charge in [0, 0.05) is 20.1 Å². The number of hydrogen-bond donors (Lipinski definition) is 0. The molecule has 0 spiro atoms. The van der Waals surface area contributed by atoms with Gasteiger partial charge in [0.05, 0.1) is 0 Å². The summed E-state index contributed by atoms with van der Waals surface area (Å²) in [4.78, 5) is 11.4. The molecule has 0 aliphatic heterocycles. The van der Waals surface area contributed by atoms with Gasteiger partial charge in [-0.15, -0.1) is 0 Å². The monoisotopic (exact) mass is 336 g/mol. The molecule has 1 aliphatic rings. The van der Waals surface area contributed by atoms with Crippen molar-refractivity contribution in [3.8, 4) is 0 Å². The lowest BCUT2D eigenvalue weighted by Crippen LogP contribution is -2.02. The second kappa shape index (κ2) is 15.9. The first-order chi connectivity index (χ1) is 11.8. The summed E-state index contributed by atoms with van der Waals surface area (Å²) in [5.41, 5.74) is 1.41. The molecule has 0 radical (unpaired) electrons. The first-order valence-corrected chi connectivity index (χ1v) is 10.5. The van der Waals surface area contributed by atoms with Gasteiger partial charge in [0.2, 0.25) is 0 Å². The molecule has 2 nitrogen and oxygen atoms in total. The van der Waals surface area contributed by atoms with Gasteiger partial charge in [-0.05, 0) is 38.2 Å². The summed E-state index contributed by atoms with van der Waals surface area (Å²) in [5, 5.41) is 0. The molecule has 0 saturated carbocycles. The second-order valence-electron chi connectivity index (χ2n) is 7.46. The van der Waals surface area contributed by atoms with Gasteiger partial charge in [-0.1, -0.05) is 76.2 Å². The fourth-order valence-electron chi connectivity index (χ4n) is 3.60. The first-order valence-electron chi connectivity index (χ1n) is 10.5. The topological polar surface area (TPSA) is 26.3 Å². The highest BCUT2D eigenvalue weighted by molar-refractivity contribution is 5.91. The van der Waals surface area contributed by atoms with Crippen LogP contribution >= 0.6 is 0 Å².